The van der Waals surface area contributed by atoms with E-state index < -0.39 is 17.7 Å². The molecule has 1 amide bonds. The molecule has 6 nitrogen and oxygen atoms in total. The number of hydrogen-bond donors (Lipinski definition) is 3. The van der Waals surface area contributed by atoms with E-state index in [0.717, 1.165) is 16.9 Å². The zero-order chi connectivity index (χ0) is 26.1. The molecule has 3 aromatic rings. The number of amides is 1. The van der Waals surface area contributed by atoms with Crippen LogP contribution in [0.4, 0.5) is 10.1 Å². The van der Waals surface area contributed by atoms with Crippen LogP contribution in [-0.2, 0) is 29.2 Å². The Labute approximate surface area is 211 Å². The topological polar surface area (TPSA) is 102 Å². The first-order valence-electron chi connectivity index (χ1n) is 12.1. The molecule has 3 rings (SSSR count). The van der Waals surface area contributed by atoms with Crippen LogP contribution in [0.2, 0.25) is 0 Å². The van der Waals surface area contributed by atoms with E-state index in [4.69, 9.17) is 10.5 Å². The van der Waals surface area contributed by atoms with Gasteiger partial charge in [-0.25, -0.2) is 4.39 Å². The normalized spacial score (nSPS) is 11.8. The number of aryl methyl sites for hydroxylation is 1. The smallest absolute Gasteiger partial charge is 0.303 e. The predicted octanol–water partition coefficient (Wildman–Crippen LogP) is 5.65. The van der Waals surface area contributed by atoms with Gasteiger partial charge in [-0.1, -0.05) is 56.3 Å². The molecule has 0 aliphatic carbocycles. The Bertz CT molecular complexity index is 1180. The van der Waals surface area contributed by atoms with Crippen LogP contribution in [0.1, 0.15) is 54.9 Å². The number of carbonyl (C=O) groups is 2. The first kappa shape index (κ1) is 26.9. The monoisotopic (exact) mass is 492 g/mol. The van der Waals surface area contributed by atoms with Gasteiger partial charge in [-0.3, -0.25) is 9.59 Å². The van der Waals surface area contributed by atoms with Crippen molar-refractivity contribution in [3.63, 3.8) is 0 Å². The zero-order valence-corrected chi connectivity index (χ0v) is 20.7. The summed E-state index contributed by atoms with van der Waals surface area (Å²) < 4.78 is 19.9. The van der Waals surface area contributed by atoms with Crippen molar-refractivity contribution in [2.24, 2.45) is 11.7 Å². The van der Waals surface area contributed by atoms with Gasteiger partial charge >= 0.3 is 5.97 Å². The van der Waals surface area contributed by atoms with Crippen molar-refractivity contribution in [3.05, 3.63) is 94.8 Å². The van der Waals surface area contributed by atoms with Gasteiger partial charge in [0.1, 0.15) is 18.2 Å². The molecular weight excluding hydrogens is 459 g/mol. The summed E-state index contributed by atoms with van der Waals surface area (Å²) in [6.07, 6.45) is 0.770. The maximum Gasteiger partial charge on any atom is 0.303 e. The lowest BCUT2D eigenvalue weighted by molar-refractivity contribution is -0.137. The van der Waals surface area contributed by atoms with E-state index in [1.54, 1.807) is 12.1 Å². The molecule has 0 saturated carbocycles. The summed E-state index contributed by atoms with van der Waals surface area (Å²) in [4.78, 5) is 24.7. The lowest BCUT2D eigenvalue weighted by Gasteiger charge is -2.21. The minimum Gasteiger partial charge on any atom is -0.489 e. The summed E-state index contributed by atoms with van der Waals surface area (Å²) in [5.41, 5.74) is 8.84. The van der Waals surface area contributed by atoms with Gasteiger partial charge in [-0.15, -0.1) is 0 Å². The third-order valence-corrected chi connectivity index (χ3v) is 5.90. The van der Waals surface area contributed by atoms with Crippen LogP contribution in [0.3, 0.4) is 0 Å². The minimum atomic E-state index is -0.915. The first-order chi connectivity index (χ1) is 17.3. The Morgan fingerprint density at radius 3 is 2.44 bits per heavy atom. The van der Waals surface area contributed by atoms with Gasteiger partial charge in [0.2, 0.25) is 5.91 Å². The van der Waals surface area contributed by atoms with Crippen molar-refractivity contribution < 1.29 is 23.8 Å². The number of hydrogen-bond acceptors (Lipinski definition) is 4. The fourth-order valence-electron chi connectivity index (χ4n) is 4.03. The molecule has 0 saturated heterocycles. The van der Waals surface area contributed by atoms with Crippen LogP contribution in [0, 0.1) is 11.7 Å². The number of aliphatic carboxylic acids is 1. The maximum atomic E-state index is 14.0. The van der Waals surface area contributed by atoms with E-state index in [2.05, 4.69) is 5.32 Å². The lowest BCUT2D eigenvalue weighted by Crippen LogP contribution is -2.24. The van der Waals surface area contributed by atoms with E-state index in [1.807, 2.05) is 62.4 Å². The largest absolute Gasteiger partial charge is 0.489 e. The Balaban J connectivity index is 1.88. The van der Waals surface area contributed by atoms with Gasteiger partial charge in [0.15, 0.2) is 0 Å². The van der Waals surface area contributed by atoms with Crippen molar-refractivity contribution in [1.82, 2.24) is 0 Å². The summed E-state index contributed by atoms with van der Waals surface area (Å²) in [5.74, 6) is -1.14. The Hall–Kier alpha value is -3.71. The molecule has 190 valence electrons. The van der Waals surface area contributed by atoms with Gasteiger partial charge < -0.3 is 20.9 Å². The van der Waals surface area contributed by atoms with Crippen molar-refractivity contribution in [3.8, 4) is 5.75 Å². The fourth-order valence-corrected chi connectivity index (χ4v) is 4.03. The quantitative estimate of drug-likeness (QED) is 0.303. The number of rotatable bonds is 12. The van der Waals surface area contributed by atoms with E-state index in [9.17, 15) is 19.1 Å². The molecule has 0 aliphatic rings. The maximum absolute atomic E-state index is 14.0. The van der Waals surface area contributed by atoms with Gasteiger partial charge in [0.05, 0.1) is 5.92 Å². The van der Waals surface area contributed by atoms with E-state index in [-0.39, 0.29) is 31.2 Å². The molecule has 36 heavy (non-hydrogen) atoms. The Morgan fingerprint density at radius 1 is 1.03 bits per heavy atom. The Kier molecular flexibility index (Phi) is 9.59. The SMILES string of the molecule is CC(C)CC(C(=O)Nc1cc(COc2ccccc2)ccc1CCC(=O)O)c1ccc(F)c(CN)c1. The van der Waals surface area contributed by atoms with Gasteiger partial charge in [-0.2, -0.15) is 0 Å². The highest BCUT2D eigenvalue weighted by Crippen LogP contribution is 2.29. The number of carboxylic acids is 1. The summed E-state index contributed by atoms with van der Waals surface area (Å²) in [7, 11) is 0. The third-order valence-electron chi connectivity index (χ3n) is 5.90. The number of ether oxygens (including phenoxy) is 1. The Morgan fingerprint density at radius 2 is 1.78 bits per heavy atom. The molecular formula is C29H33FN2O4. The summed E-state index contributed by atoms with van der Waals surface area (Å²) in [5, 5.41) is 12.2. The van der Waals surface area contributed by atoms with Crippen LogP contribution in [0.15, 0.2) is 66.7 Å². The highest BCUT2D eigenvalue weighted by atomic mass is 19.1. The summed E-state index contributed by atoms with van der Waals surface area (Å²) in [6, 6.07) is 19.5. The third kappa shape index (κ3) is 7.65. The van der Waals surface area contributed by atoms with Gasteiger partial charge in [0, 0.05) is 24.2 Å². The number of nitrogens with two attached hydrogens (primary N) is 1. The number of anilines is 1. The zero-order valence-electron chi connectivity index (χ0n) is 20.7. The van der Waals surface area contributed by atoms with Crippen molar-refractivity contribution >= 4 is 17.6 Å². The van der Waals surface area contributed by atoms with Crippen LogP contribution >= 0.6 is 0 Å². The highest BCUT2D eigenvalue weighted by molar-refractivity contribution is 5.96. The van der Waals surface area contributed by atoms with Crippen LogP contribution in [-0.4, -0.2) is 17.0 Å². The van der Waals surface area contributed by atoms with Crippen molar-refractivity contribution in [2.45, 2.75) is 52.2 Å². The molecule has 0 spiro atoms. The second-order valence-corrected chi connectivity index (χ2v) is 9.21. The average molecular weight is 493 g/mol. The second kappa shape index (κ2) is 12.8. The van der Waals surface area contributed by atoms with Gasteiger partial charge in [0.25, 0.3) is 0 Å². The summed E-state index contributed by atoms with van der Waals surface area (Å²) in [6.45, 7) is 4.37. The molecule has 1 unspecified atom stereocenters. The van der Waals surface area contributed by atoms with Crippen molar-refractivity contribution in [2.75, 3.05) is 5.32 Å². The van der Waals surface area contributed by atoms with E-state index >= 15 is 0 Å². The molecule has 4 N–H and O–H groups in total. The molecule has 0 aliphatic heterocycles. The van der Waals surface area contributed by atoms with E-state index in [1.165, 1.54) is 6.07 Å². The standard InChI is InChI=1S/C29H33FN2O4/c1-19(2)14-25(22-10-12-26(30)23(16-22)17-31)29(35)32-27-15-20(8-9-21(27)11-13-28(33)34)18-36-24-6-4-3-5-7-24/h3-10,12,15-16,19,25H,11,13-14,17-18,31H2,1-2H3,(H,32,35)(H,33,34). The number of para-hydroxylation sites is 1. The number of benzene rings is 3. The van der Waals surface area contributed by atoms with Crippen molar-refractivity contribution in [1.29, 1.82) is 0 Å². The van der Waals surface area contributed by atoms with Crippen LogP contribution in [0.25, 0.3) is 0 Å². The number of carbonyl (C=O) groups excluding carboxylic acids is 1. The average Bonchev–Trinajstić information content (AvgIpc) is 2.86. The summed E-state index contributed by atoms with van der Waals surface area (Å²) >= 11 is 0. The van der Waals surface area contributed by atoms with Crippen LogP contribution in [0.5, 0.6) is 5.75 Å². The van der Waals surface area contributed by atoms with Gasteiger partial charge in [-0.05, 0) is 59.7 Å². The molecule has 3 aromatic carbocycles. The lowest BCUT2D eigenvalue weighted by atomic mass is 9.88. The molecule has 0 fully saturated rings. The van der Waals surface area contributed by atoms with E-state index in [0.29, 0.717) is 29.8 Å². The number of nitrogens with one attached hydrogen (secondary N) is 1. The minimum absolute atomic E-state index is 0.0402. The molecule has 7 heteroatoms. The molecule has 0 heterocycles. The second-order valence-electron chi connectivity index (χ2n) is 9.21. The molecule has 0 aromatic heterocycles. The number of carboxylic acid groups (broad SMARTS) is 1. The fraction of sp³-hybridized carbons (Fsp3) is 0.310. The van der Waals surface area contributed by atoms with Crippen LogP contribution < -0.4 is 15.8 Å². The molecule has 0 radical (unpaired) electrons. The first-order valence-corrected chi connectivity index (χ1v) is 12.1. The predicted molar refractivity (Wildman–Crippen MR) is 138 cm³/mol. The number of halogens is 1. The highest BCUT2D eigenvalue weighted by Gasteiger charge is 2.24. The molecule has 0 bridgehead atoms. The molecule has 1 atom stereocenters.